The van der Waals surface area contributed by atoms with Crippen molar-refractivity contribution in [3.63, 3.8) is 0 Å². The van der Waals surface area contributed by atoms with Gasteiger partial charge in [-0.1, -0.05) is 0 Å². The molecule has 0 spiro atoms. The Balaban J connectivity index is 1.59. The van der Waals surface area contributed by atoms with Crippen molar-refractivity contribution in [3.05, 3.63) is 53.1 Å². The topological polar surface area (TPSA) is 311 Å². The van der Waals surface area contributed by atoms with Crippen molar-refractivity contribution < 1.29 is 89.5 Å². The zero-order valence-corrected chi connectivity index (χ0v) is 22.3. The lowest BCUT2D eigenvalue weighted by molar-refractivity contribution is -0.284. The lowest BCUT2D eigenvalue weighted by Crippen LogP contribution is -2.61. The number of rotatable bonds is 7. The van der Waals surface area contributed by atoms with E-state index in [9.17, 15) is 70.6 Å². The van der Waals surface area contributed by atoms with Crippen LogP contribution >= 0.6 is 0 Å². The van der Waals surface area contributed by atoms with Crippen LogP contribution in [-0.2, 0) is 18.9 Å². The fraction of sp³-hybridized carbons (Fsp3) is 0.222. The van der Waals surface area contributed by atoms with E-state index in [-0.39, 0.29) is 0 Å². The molecule has 1 fully saturated rings. The molecule has 1 saturated heterocycles. The first kappa shape index (κ1) is 32.1. The van der Waals surface area contributed by atoms with E-state index < -0.39 is 124 Å². The monoisotopic (exact) mass is 636 g/mol. The van der Waals surface area contributed by atoms with Crippen LogP contribution in [0.25, 0.3) is 0 Å². The number of phenols is 9. The quantitative estimate of drug-likeness (QED) is 0.0902. The molecule has 3 aromatic rings. The number of aromatic hydroxyl groups is 9. The Hall–Kier alpha value is -5.85. The molecule has 0 radical (unpaired) electrons. The fourth-order valence-corrected chi connectivity index (χ4v) is 4.05. The van der Waals surface area contributed by atoms with Crippen LogP contribution < -0.4 is 0 Å². The van der Waals surface area contributed by atoms with E-state index in [1.807, 2.05) is 0 Å². The van der Waals surface area contributed by atoms with Crippen molar-refractivity contribution >= 4 is 17.9 Å². The van der Waals surface area contributed by atoms with Gasteiger partial charge in [0.15, 0.2) is 64.0 Å². The summed E-state index contributed by atoms with van der Waals surface area (Å²) in [7, 11) is 0. The van der Waals surface area contributed by atoms with Gasteiger partial charge in [-0.2, -0.15) is 0 Å². The number of carbonyl (C=O) groups excluding carboxylic acids is 3. The third-order valence-electron chi connectivity index (χ3n) is 6.40. The number of aliphatic hydroxyl groups excluding tert-OH is 2. The summed E-state index contributed by atoms with van der Waals surface area (Å²) in [6.45, 7) is -0.918. The van der Waals surface area contributed by atoms with Gasteiger partial charge >= 0.3 is 17.9 Å². The van der Waals surface area contributed by atoms with Crippen molar-refractivity contribution in [1.29, 1.82) is 0 Å². The Morgan fingerprint density at radius 2 is 0.911 bits per heavy atom. The van der Waals surface area contributed by atoms with Crippen LogP contribution in [0.4, 0.5) is 0 Å². The minimum absolute atomic E-state index is 0.474. The minimum atomic E-state index is -2.19. The summed E-state index contributed by atoms with van der Waals surface area (Å²) in [4.78, 5) is 38.1. The van der Waals surface area contributed by atoms with Gasteiger partial charge < -0.3 is 75.1 Å². The predicted octanol–water partition coefficient (Wildman–Crippen LogP) is -0.277. The molecule has 0 bridgehead atoms. The summed E-state index contributed by atoms with van der Waals surface area (Å²) in [5.74, 6) is -12.3. The van der Waals surface area contributed by atoms with E-state index in [1.165, 1.54) is 0 Å². The molecule has 1 aliphatic rings. The van der Waals surface area contributed by atoms with Crippen LogP contribution in [0, 0.1) is 0 Å². The Bertz CT molecular complexity index is 1580. The zero-order valence-electron chi connectivity index (χ0n) is 22.3. The highest BCUT2D eigenvalue weighted by Gasteiger charge is 2.49. The molecule has 18 heteroatoms. The summed E-state index contributed by atoms with van der Waals surface area (Å²) in [6, 6.07) is 4.20. The highest BCUT2D eigenvalue weighted by molar-refractivity contribution is 5.92. The van der Waals surface area contributed by atoms with Gasteiger partial charge in [-0.25, -0.2) is 14.4 Å². The summed E-state index contributed by atoms with van der Waals surface area (Å²) < 4.78 is 20.6. The van der Waals surface area contributed by atoms with Crippen LogP contribution in [0.5, 0.6) is 51.7 Å². The van der Waals surface area contributed by atoms with Gasteiger partial charge in [0, 0.05) is 0 Å². The van der Waals surface area contributed by atoms with E-state index in [0.717, 1.165) is 12.1 Å². The Kier molecular flexibility index (Phi) is 8.84. The Morgan fingerprint density at radius 1 is 0.556 bits per heavy atom. The second-order valence-corrected chi connectivity index (χ2v) is 9.49. The standard InChI is InChI=1S/C27H24O18/c28-11-1-8(2-12(29)18(11)34)24(39)42-7-17-21(37)23(44-25(40)9-3-13(30)19(35)14(31)4-9)22(38)27(43-17)45-26(41)10-5-15(32)20(36)16(33)6-10/h1-6,17,21-23,27-38H,7H2/t17-,21-,22-,23+,27?/m1/s1. The number of aliphatic hydroxyl groups is 2. The normalized spacial score (nSPS) is 21.1. The molecule has 0 aliphatic carbocycles. The van der Waals surface area contributed by atoms with Crippen molar-refractivity contribution in [1.82, 2.24) is 0 Å². The second kappa shape index (κ2) is 12.4. The van der Waals surface area contributed by atoms with Crippen molar-refractivity contribution in [2.45, 2.75) is 30.7 Å². The third kappa shape index (κ3) is 6.56. The molecular formula is C27H24O18. The second-order valence-electron chi connectivity index (χ2n) is 9.49. The van der Waals surface area contributed by atoms with Gasteiger partial charge in [-0.15, -0.1) is 0 Å². The van der Waals surface area contributed by atoms with E-state index >= 15 is 0 Å². The maximum Gasteiger partial charge on any atom is 0.340 e. The molecular weight excluding hydrogens is 612 g/mol. The molecule has 3 aromatic carbocycles. The molecule has 18 nitrogen and oxygen atoms in total. The SMILES string of the molecule is O=C(OC[C@H]1OC(OC(=O)c2cc(O)c(O)c(O)c2)[C@H](O)[C@@H](OC(=O)c2cc(O)c(O)c(O)c2)[C@@H]1O)c1cc(O)c(O)c(O)c1. The lowest BCUT2D eigenvalue weighted by Gasteiger charge is -2.41. The smallest absolute Gasteiger partial charge is 0.340 e. The molecule has 45 heavy (non-hydrogen) atoms. The molecule has 240 valence electrons. The highest BCUT2D eigenvalue weighted by Crippen LogP contribution is 2.38. The molecule has 1 aliphatic heterocycles. The van der Waals surface area contributed by atoms with Gasteiger partial charge in [-0.05, 0) is 36.4 Å². The zero-order chi connectivity index (χ0) is 33.3. The third-order valence-corrected chi connectivity index (χ3v) is 6.40. The molecule has 1 heterocycles. The van der Waals surface area contributed by atoms with Crippen LogP contribution in [0.2, 0.25) is 0 Å². The summed E-state index contributed by atoms with van der Waals surface area (Å²) in [6.07, 6.45) is -10.2. The fourth-order valence-electron chi connectivity index (χ4n) is 4.05. The number of hydrogen-bond donors (Lipinski definition) is 11. The Morgan fingerprint density at radius 3 is 1.31 bits per heavy atom. The summed E-state index contributed by atoms with van der Waals surface area (Å²) in [5.41, 5.74) is -1.62. The van der Waals surface area contributed by atoms with Gasteiger partial charge in [0.1, 0.15) is 18.8 Å². The molecule has 5 atom stereocenters. The van der Waals surface area contributed by atoms with Crippen molar-refractivity contribution in [2.75, 3.05) is 6.61 Å². The van der Waals surface area contributed by atoms with Gasteiger partial charge in [0.05, 0.1) is 16.7 Å². The molecule has 0 aromatic heterocycles. The largest absolute Gasteiger partial charge is 0.504 e. The number of esters is 3. The maximum absolute atomic E-state index is 12.8. The number of hydrogen-bond acceptors (Lipinski definition) is 18. The van der Waals surface area contributed by atoms with Crippen LogP contribution in [-0.4, -0.2) is 111 Å². The Labute approximate surface area is 249 Å². The first-order valence-electron chi connectivity index (χ1n) is 12.4. The number of benzene rings is 3. The predicted molar refractivity (Wildman–Crippen MR) is 140 cm³/mol. The van der Waals surface area contributed by atoms with E-state index in [0.29, 0.717) is 24.3 Å². The van der Waals surface area contributed by atoms with E-state index in [1.54, 1.807) is 0 Å². The number of ether oxygens (including phenoxy) is 4. The van der Waals surface area contributed by atoms with Gasteiger partial charge in [-0.3, -0.25) is 0 Å². The van der Waals surface area contributed by atoms with Crippen LogP contribution in [0.3, 0.4) is 0 Å². The van der Waals surface area contributed by atoms with Crippen molar-refractivity contribution in [2.24, 2.45) is 0 Å². The van der Waals surface area contributed by atoms with E-state index in [4.69, 9.17) is 18.9 Å². The summed E-state index contributed by atoms with van der Waals surface area (Å²) >= 11 is 0. The number of phenolic OH excluding ortho intramolecular Hbond substituents is 9. The highest BCUT2D eigenvalue weighted by atomic mass is 16.7. The lowest BCUT2D eigenvalue weighted by atomic mass is 9.98. The molecule has 11 N–H and O–H groups in total. The average Bonchev–Trinajstić information content (AvgIpc) is 2.99. The van der Waals surface area contributed by atoms with Gasteiger partial charge in [0.25, 0.3) is 0 Å². The molecule has 0 amide bonds. The number of carbonyl (C=O) groups is 3. The van der Waals surface area contributed by atoms with E-state index in [2.05, 4.69) is 0 Å². The molecule has 0 saturated carbocycles. The van der Waals surface area contributed by atoms with Gasteiger partial charge in [0.2, 0.25) is 6.29 Å². The first-order chi connectivity index (χ1) is 21.1. The van der Waals surface area contributed by atoms with Crippen LogP contribution in [0.15, 0.2) is 36.4 Å². The average molecular weight is 636 g/mol. The first-order valence-corrected chi connectivity index (χ1v) is 12.4. The van der Waals surface area contributed by atoms with Crippen LogP contribution in [0.1, 0.15) is 31.1 Å². The molecule has 1 unspecified atom stereocenters. The summed E-state index contributed by atoms with van der Waals surface area (Å²) in [5, 5.41) is 108. The minimum Gasteiger partial charge on any atom is -0.504 e. The molecule has 4 rings (SSSR count). The maximum atomic E-state index is 12.8. The van der Waals surface area contributed by atoms with Crippen molar-refractivity contribution in [3.8, 4) is 51.7 Å².